The van der Waals surface area contributed by atoms with Crippen LogP contribution >= 0.6 is 11.6 Å². The van der Waals surface area contributed by atoms with Gasteiger partial charge in [-0.1, -0.05) is 23.7 Å². The van der Waals surface area contributed by atoms with Crippen LogP contribution in [0.2, 0.25) is 5.15 Å². The van der Waals surface area contributed by atoms with Gasteiger partial charge >= 0.3 is 11.6 Å². The van der Waals surface area contributed by atoms with Crippen molar-refractivity contribution in [3.8, 4) is 17.7 Å². The number of hydrogen-bond acceptors (Lipinski definition) is 6. The number of benzene rings is 1. The van der Waals surface area contributed by atoms with Crippen molar-refractivity contribution >= 4 is 17.3 Å². The maximum Gasteiger partial charge on any atom is 0.368 e. The molecule has 8 heteroatoms. The van der Waals surface area contributed by atoms with E-state index >= 15 is 0 Å². The van der Waals surface area contributed by atoms with Crippen molar-refractivity contribution in [3.63, 3.8) is 0 Å². The fraction of sp³-hybridized carbons (Fsp3) is 0. The molecule has 0 atom stereocenters. The largest absolute Gasteiger partial charge is 0.432 e. The monoisotopic (exact) mass is 276 g/mol. The molecule has 0 saturated carbocycles. The second-order valence-electron chi connectivity index (χ2n) is 3.29. The molecule has 1 aromatic carbocycles. The van der Waals surface area contributed by atoms with Gasteiger partial charge in [-0.05, 0) is 12.1 Å². The van der Waals surface area contributed by atoms with E-state index < -0.39 is 10.6 Å². The highest BCUT2D eigenvalue weighted by Gasteiger charge is 2.24. The van der Waals surface area contributed by atoms with Crippen molar-refractivity contribution in [1.82, 2.24) is 9.97 Å². The number of ether oxygens (including phenoxy) is 1. The van der Waals surface area contributed by atoms with Gasteiger partial charge in [-0.25, -0.2) is 4.98 Å². The molecule has 0 unspecified atom stereocenters. The maximum atomic E-state index is 10.9. The Morgan fingerprint density at radius 2 is 2.11 bits per heavy atom. The van der Waals surface area contributed by atoms with Crippen LogP contribution in [0.15, 0.2) is 30.6 Å². The normalized spacial score (nSPS) is 9.68. The molecule has 2 rings (SSSR count). The van der Waals surface area contributed by atoms with Crippen LogP contribution in [0.5, 0.6) is 11.6 Å². The molecular formula is C11H5ClN4O3. The van der Waals surface area contributed by atoms with Gasteiger partial charge in [0.2, 0.25) is 5.15 Å². The number of nitrogens with zero attached hydrogens (tertiary/aromatic N) is 4. The van der Waals surface area contributed by atoms with Gasteiger partial charge in [-0.15, -0.1) is 0 Å². The summed E-state index contributed by atoms with van der Waals surface area (Å²) in [5, 5.41) is 19.5. The van der Waals surface area contributed by atoms with E-state index in [2.05, 4.69) is 9.97 Å². The fourth-order valence-electron chi connectivity index (χ4n) is 1.32. The molecule has 0 fully saturated rings. The molecule has 0 aliphatic carbocycles. The smallest absolute Gasteiger partial charge is 0.368 e. The van der Waals surface area contributed by atoms with Gasteiger partial charge in [0, 0.05) is 0 Å². The van der Waals surface area contributed by atoms with E-state index in [0.717, 1.165) is 6.33 Å². The summed E-state index contributed by atoms with van der Waals surface area (Å²) in [6.07, 6.45) is 1.04. The maximum absolute atomic E-state index is 10.9. The Kier molecular flexibility index (Phi) is 3.54. The Labute approximate surface area is 112 Å². The topological polar surface area (TPSA) is 102 Å². The van der Waals surface area contributed by atoms with Gasteiger partial charge < -0.3 is 4.74 Å². The van der Waals surface area contributed by atoms with E-state index in [1.807, 2.05) is 6.07 Å². The third-order valence-electron chi connectivity index (χ3n) is 2.14. The first-order valence-electron chi connectivity index (χ1n) is 4.95. The molecule has 0 aliphatic heterocycles. The van der Waals surface area contributed by atoms with Gasteiger partial charge in [-0.2, -0.15) is 10.2 Å². The van der Waals surface area contributed by atoms with E-state index in [1.54, 1.807) is 12.1 Å². The Morgan fingerprint density at radius 1 is 1.37 bits per heavy atom. The molecular weight excluding hydrogens is 272 g/mol. The molecule has 7 nitrogen and oxygen atoms in total. The summed E-state index contributed by atoms with van der Waals surface area (Å²) in [6.45, 7) is 0. The van der Waals surface area contributed by atoms with Crippen LogP contribution in [0.3, 0.4) is 0 Å². The number of halogens is 1. The predicted octanol–water partition coefficient (Wildman–Crippen LogP) is 2.70. The molecule has 0 bridgehead atoms. The standard InChI is InChI=1S/C11H5ClN4O3/c12-10-9(16(17)18)11(15-6-14-10)19-8-4-2-1-3-7(8)5-13/h1-4,6H. The van der Waals surface area contributed by atoms with Crippen molar-refractivity contribution in [2.75, 3.05) is 0 Å². The average Bonchev–Trinajstić information content (AvgIpc) is 2.39. The minimum absolute atomic E-state index is 0.155. The Morgan fingerprint density at radius 3 is 2.79 bits per heavy atom. The first-order chi connectivity index (χ1) is 9.13. The molecule has 2 aromatic rings. The lowest BCUT2D eigenvalue weighted by Gasteiger charge is -2.06. The molecule has 0 amide bonds. The zero-order valence-electron chi connectivity index (χ0n) is 9.28. The highest BCUT2D eigenvalue weighted by Crippen LogP contribution is 2.34. The van der Waals surface area contributed by atoms with E-state index in [4.69, 9.17) is 21.6 Å². The molecule has 94 valence electrons. The summed E-state index contributed by atoms with van der Waals surface area (Å²) in [5.41, 5.74) is -0.316. The third-order valence-corrected chi connectivity index (χ3v) is 2.42. The van der Waals surface area contributed by atoms with Crippen LogP contribution < -0.4 is 4.74 Å². The molecule has 0 radical (unpaired) electrons. The van der Waals surface area contributed by atoms with Gasteiger partial charge in [0.25, 0.3) is 0 Å². The first kappa shape index (κ1) is 12.7. The van der Waals surface area contributed by atoms with Gasteiger partial charge in [0.1, 0.15) is 18.1 Å². The second-order valence-corrected chi connectivity index (χ2v) is 3.64. The summed E-state index contributed by atoms with van der Waals surface area (Å²) in [6, 6.07) is 8.20. The number of nitriles is 1. The summed E-state index contributed by atoms with van der Waals surface area (Å²) < 4.78 is 5.27. The summed E-state index contributed by atoms with van der Waals surface area (Å²) in [7, 11) is 0. The number of rotatable bonds is 3. The number of nitro groups is 1. The van der Waals surface area contributed by atoms with E-state index in [9.17, 15) is 10.1 Å². The van der Waals surface area contributed by atoms with Crippen LogP contribution in [-0.4, -0.2) is 14.9 Å². The van der Waals surface area contributed by atoms with Gasteiger partial charge in [0.05, 0.1) is 10.5 Å². The van der Waals surface area contributed by atoms with E-state index in [1.165, 1.54) is 12.1 Å². The quantitative estimate of drug-likeness (QED) is 0.485. The minimum atomic E-state index is -0.743. The van der Waals surface area contributed by atoms with Crippen molar-refractivity contribution in [3.05, 3.63) is 51.4 Å². The van der Waals surface area contributed by atoms with Crippen LogP contribution in [0.1, 0.15) is 5.56 Å². The summed E-state index contributed by atoms with van der Waals surface area (Å²) in [5.74, 6) is -0.157. The van der Waals surface area contributed by atoms with Gasteiger partial charge in [0.15, 0.2) is 0 Å². The summed E-state index contributed by atoms with van der Waals surface area (Å²) in [4.78, 5) is 17.3. The lowest BCUT2D eigenvalue weighted by atomic mass is 10.2. The van der Waals surface area contributed by atoms with Crippen LogP contribution in [0, 0.1) is 21.4 Å². The van der Waals surface area contributed by atoms with Crippen molar-refractivity contribution < 1.29 is 9.66 Å². The minimum Gasteiger partial charge on any atom is -0.432 e. The Hall–Kier alpha value is -2.72. The van der Waals surface area contributed by atoms with Crippen molar-refractivity contribution in [1.29, 1.82) is 5.26 Å². The fourth-order valence-corrected chi connectivity index (χ4v) is 1.52. The number of para-hydroxylation sites is 1. The van der Waals surface area contributed by atoms with Crippen molar-refractivity contribution in [2.45, 2.75) is 0 Å². The lowest BCUT2D eigenvalue weighted by molar-refractivity contribution is -0.386. The molecule has 1 aromatic heterocycles. The molecule has 0 aliphatic rings. The average molecular weight is 277 g/mol. The lowest BCUT2D eigenvalue weighted by Crippen LogP contribution is -1.99. The SMILES string of the molecule is N#Cc1ccccc1Oc1ncnc(Cl)c1[N+](=O)[O-]. The third kappa shape index (κ3) is 2.59. The van der Waals surface area contributed by atoms with Crippen LogP contribution in [-0.2, 0) is 0 Å². The van der Waals surface area contributed by atoms with Crippen LogP contribution in [0.4, 0.5) is 5.69 Å². The highest BCUT2D eigenvalue weighted by atomic mass is 35.5. The molecule has 0 spiro atoms. The highest BCUT2D eigenvalue weighted by molar-refractivity contribution is 6.31. The van der Waals surface area contributed by atoms with E-state index in [0.29, 0.717) is 0 Å². The first-order valence-corrected chi connectivity index (χ1v) is 5.33. The number of aromatic nitrogens is 2. The molecule has 19 heavy (non-hydrogen) atoms. The van der Waals surface area contributed by atoms with Crippen LogP contribution in [0.25, 0.3) is 0 Å². The zero-order valence-corrected chi connectivity index (χ0v) is 10.0. The summed E-state index contributed by atoms with van der Waals surface area (Å²) >= 11 is 5.63. The molecule has 0 saturated heterocycles. The second kappa shape index (κ2) is 5.29. The predicted molar refractivity (Wildman–Crippen MR) is 64.9 cm³/mol. The Bertz CT molecular complexity index is 684. The van der Waals surface area contributed by atoms with Crippen molar-refractivity contribution in [2.24, 2.45) is 0 Å². The zero-order chi connectivity index (χ0) is 13.8. The number of hydrogen-bond donors (Lipinski definition) is 0. The Balaban J connectivity index is 2.48. The molecule has 0 N–H and O–H groups in total. The molecule has 1 heterocycles. The van der Waals surface area contributed by atoms with E-state index in [-0.39, 0.29) is 22.3 Å². The van der Waals surface area contributed by atoms with Gasteiger partial charge in [-0.3, -0.25) is 10.1 Å².